The smallest absolute Gasteiger partial charge is 0.255 e. The first-order valence-corrected chi connectivity index (χ1v) is 7.99. The molecule has 0 saturated carbocycles. The molecule has 1 aromatic heterocycles. The van der Waals surface area contributed by atoms with E-state index in [1.807, 2.05) is 31.2 Å². The second kappa shape index (κ2) is 6.80. The fourth-order valence-electron chi connectivity index (χ4n) is 2.68. The van der Waals surface area contributed by atoms with E-state index in [9.17, 15) is 14.4 Å². The molecule has 1 saturated heterocycles. The van der Waals surface area contributed by atoms with E-state index in [1.54, 1.807) is 6.92 Å². The van der Waals surface area contributed by atoms with Gasteiger partial charge in [-0.1, -0.05) is 23.8 Å². The topological polar surface area (TPSA) is 101 Å². The highest BCUT2D eigenvalue weighted by Gasteiger charge is 2.28. The third-order valence-corrected chi connectivity index (χ3v) is 4.04. The molecule has 128 valence electrons. The van der Waals surface area contributed by atoms with Gasteiger partial charge in [-0.15, -0.1) is 0 Å². The van der Waals surface area contributed by atoms with Gasteiger partial charge in [-0.2, -0.15) is 0 Å². The largest absolute Gasteiger partial charge is 0.340 e. The van der Waals surface area contributed by atoms with Crippen LogP contribution in [0.5, 0.6) is 0 Å². The minimum absolute atomic E-state index is 0.207. The second-order valence-corrected chi connectivity index (χ2v) is 6.04. The Morgan fingerprint density at radius 2 is 2.08 bits per heavy atom. The van der Waals surface area contributed by atoms with Crippen molar-refractivity contribution in [1.29, 1.82) is 0 Å². The van der Waals surface area contributed by atoms with Gasteiger partial charge in [0.05, 0.1) is 11.3 Å². The zero-order valence-electron chi connectivity index (χ0n) is 14.0. The summed E-state index contributed by atoms with van der Waals surface area (Å²) in [7, 11) is 0. The molecule has 25 heavy (non-hydrogen) atoms. The molecule has 7 nitrogen and oxygen atoms in total. The van der Waals surface area contributed by atoms with Crippen LogP contribution in [0.25, 0.3) is 11.4 Å². The lowest BCUT2D eigenvalue weighted by atomic mass is 10.1. The van der Waals surface area contributed by atoms with Crippen molar-refractivity contribution < 1.29 is 14.4 Å². The third kappa shape index (κ3) is 3.71. The minimum Gasteiger partial charge on any atom is -0.340 e. The molecule has 2 N–H and O–H groups in total. The second-order valence-electron chi connectivity index (χ2n) is 6.04. The lowest BCUT2D eigenvalue weighted by Gasteiger charge is -2.22. The molecule has 2 heterocycles. The lowest BCUT2D eigenvalue weighted by Crippen LogP contribution is -2.52. The summed E-state index contributed by atoms with van der Waals surface area (Å²) >= 11 is 0. The van der Waals surface area contributed by atoms with E-state index in [-0.39, 0.29) is 18.7 Å². The van der Waals surface area contributed by atoms with Gasteiger partial charge in [0.2, 0.25) is 11.8 Å². The van der Waals surface area contributed by atoms with Crippen molar-refractivity contribution >= 4 is 17.7 Å². The number of imide groups is 1. The summed E-state index contributed by atoms with van der Waals surface area (Å²) in [6.45, 7) is 3.71. The quantitative estimate of drug-likeness (QED) is 0.822. The van der Waals surface area contributed by atoms with Gasteiger partial charge < -0.3 is 5.32 Å². The number of nitrogens with one attached hydrogen (secondary N) is 2. The summed E-state index contributed by atoms with van der Waals surface area (Å²) in [5.74, 6) is -0.696. The fraction of sp³-hybridized carbons (Fsp3) is 0.278. The van der Waals surface area contributed by atoms with Crippen molar-refractivity contribution in [3.8, 4) is 11.4 Å². The predicted molar refractivity (Wildman–Crippen MR) is 90.6 cm³/mol. The summed E-state index contributed by atoms with van der Waals surface area (Å²) in [5, 5.41) is 4.84. The molecule has 1 unspecified atom stereocenters. The van der Waals surface area contributed by atoms with Crippen LogP contribution in [0.3, 0.4) is 0 Å². The Kier molecular flexibility index (Phi) is 4.56. The summed E-state index contributed by atoms with van der Waals surface area (Å²) < 4.78 is 0. The number of piperidine rings is 1. The zero-order chi connectivity index (χ0) is 18.0. The highest BCUT2D eigenvalue weighted by molar-refractivity contribution is 6.04. The molecular weight excluding hydrogens is 320 g/mol. The Morgan fingerprint density at radius 1 is 1.28 bits per heavy atom. The first-order valence-electron chi connectivity index (χ1n) is 7.99. The number of carbonyl (C=O) groups is 3. The number of rotatable bonds is 3. The molecule has 1 aliphatic heterocycles. The van der Waals surface area contributed by atoms with E-state index in [2.05, 4.69) is 20.6 Å². The average Bonchev–Trinajstić information content (AvgIpc) is 2.57. The van der Waals surface area contributed by atoms with Crippen molar-refractivity contribution in [2.24, 2.45) is 0 Å². The monoisotopic (exact) mass is 338 g/mol. The van der Waals surface area contributed by atoms with E-state index in [0.717, 1.165) is 11.1 Å². The molecule has 3 rings (SSSR count). The Morgan fingerprint density at radius 3 is 2.76 bits per heavy atom. The third-order valence-electron chi connectivity index (χ3n) is 4.04. The molecule has 0 aliphatic carbocycles. The number of hydrogen-bond donors (Lipinski definition) is 2. The molecular formula is C18H18N4O3. The van der Waals surface area contributed by atoms with Crippen LogP contribution in [0.4, 0.5) is 0 Å². The Balaban J connectivity index is 1.77. The molecule has 3 amide bonds. The maximum absolute atomic E-state index is 12.4. The van der Waals surface area contributed by atoms with Crippen molar-refractivity contribution in [2.45, 2.75) is 32.7 Å². The van der Waals surface area contributed by atoms with E-state index < -0.39 is 17.9 Å². The summed E-state index contributed by atoms with van der Waals surface area (Å²) in [4.78, 5) is 44.0. The van der Waals surface area contributed by atoms with Crippen LogP contribution in [0.2, 0.25) is 0 Å². The number of hydrogen-bond acceptors (Lipinski definition) is 5. The van der Waals surface area contributed by atoms with Gasteiger partial charge in [0.1, 0.15) is 6.04 Å². The van der Waals surface area contributed by atoms with Crippen LogP contribution in [0.15, 0.2) is 30.5 Å². The first kappa shape index (κ1) is 16.8. The van der Waals surface area contributed by atoms with Crippen molar-refractivity contribution in [3.05, 3.63) is 47.3 Å². The molecule has 0 bridgehead atoms. The van der Waals surface area contributed by atoms with E-state index >= 15 is 0 Å². The minimum atomic E-state index is -0.721. The van der Waals surface area contributed by atoms with Crippen LogP contribution in [-0.4, -0.2) is 33.7 Å². The van der Waals surface area contributed by atoms with Gasteiger partial charge in [-0.05, 0) is 26.3 Å². The van der Waals surface area contributed by atoms with Crippen LogP contribution >= 0.6 is 0 Å². The van der Waals surface area contributed by atoms with E-state index in [0.29, 0.717) is 17.1 Å². The van der Waals surface area contributed by atoms with Crippen molar-refractivity contribution in [3.63, 3.8) is 0 Å². The molecule has 1 aromatic carbocycles. The maximum atomic E-state index is 12.4. The van der Waals surface area contributed by atoms with Gasteiger partial charge in [-0.3, -0.25) is 19.7 Å². The standard InChI is InChI=1S/C18H18N4O3/c1-10-4-3-5-12(8-10)16-19-9-13(11(2)20-16)17(24)21-14-6-7-15(23)22-18(14)25/h3-5,8-9,14H,6-7H2,1-2H3,(H,21,24)(H,22,23,25). The Labute approximate surface area is 144 Å². The SMILES string of the molecule is Cc1cccc(-c2ncc(C(=O)NC3CCC(=O)NC3=O)c(C)n2)c1. The summed E-state index contributed by atoms with van der Waals surface area (Å²) in [6, 6.07) is 7.06. The van der Waals surface area contributed by atoms with Gasteiger partial charge in [0.25, 0.3) is 5.91 Å². The van der Waals surface area contributed by atoms with Crippen LogP contribution < -0.4 is 10.6 Å². The summed E-state index contributed by atoms with van der Waals surface area (Å²) in [6.07, 6.45) is 1.96. The van der Waals surface area contributed by atoms with E-state index in [4.69, 9.17) is 0 Å². The fourth-order valence-corrected chi connectivity index (χ4v) is 2.68. The molecule has 1 fully saturated rings. The molecule has 7 heteroatoms. The molecule has 0 spiro atoms. The number of nitrogens with zero attached hydrogens (tertiary/aromatic N) is 2. The van der Waals surface area contributed by atoms with Crippen LogP contribution in [-0.2, 0) is 9.59 Å². The molecule has 1 atom stereocenters. The van der Waals surface area contributed by atoms with Gasteiger partial charge in [0, 0.05) is 18.2 Å². The predicted octanol–water partition coefficient (Wildman–Crippen LogP) is 1.30. The molecule has 1 aliphatic rings. The summed E-state index contributed by atoms with van der Waals surface area (Å²) in [5.41, 5.74) is 2.80. The molecule has 0 radical (unpaired) electrons. The number of amides is 3. The highest BCUT2D eigenvalue weighted by Crippen LogP contribution is 2.17. The zero-order valence-corrected chi connectivity index (χ0v) is 14.0. The number of carbonyl (C=O) groups excluding carboxylic acids is 3. The lowest BCUT2D eigenvalue weighted by molar-refractivity contribution is -0.134. The van der Waals surface area contributed by atoms with Crippen LogP contribution in [0, 0.1) is 13.8 Å². The Hall–Kier alpha value is -3.09. The number of benzene rings is 1. The number of aryl methyl sites for hydroxylation is 2. The first-order chi connectivity index (χ1) is 11.9. The van der Waals surface area contributed by atoms with Crippen molar-refractivity contribution in [1.82, 2.24) is 20.6 Å². The Bertz CT molecular complexity index is 863. The average molecular weight is 338 g/mol. The molecule has 2 aromatic rings. The highest BCUT2D eigenvalue weighted by atomic mass is 16.2. The van der Waals surface area contributed by atoms with E-state index in [1.165, 1.54) is 6.20 Å². The normalized spacial score (nSPS) is 17.1. The maximum Gasteiger partial charge on any atom is 0.255 e. The van der Waals surface area contributed by atoms with Gasteiger partial charge >= 0.3 is 0 Å². The van der Waals surface area contributed by atoms with Gasteiger partial charge in [0.15, 0.2) is 5.82 Å². The van der Waals surface area contributed by atoms with Crippen LogP contribution in [0.1, 0.15) is 34.5 Å². The van der Waals surface area contributed by atoms with Gasteiger partial charge in [-0.25, -0.2) is 9.97 Å². The number of aromatic nitrogens is 2. The van der Waals surface area contributed by atoms with Crippen molar-refractivity contribution in [2.75, 3.05) is 0 Å².